The molecule has 0 fully saturated rings. The van der Waals surface area contributed by atoms with Crippen molar-refractivity contribution in [2.45, 2.75) is 19.9 Å². The SMILES string of the molecule is COc1cccc(N(C)C(=O)NC(C(=O)O)C(C)C)c1. The molecule has 1 rings (SSSR count). The summed E-state index contributed by atoms with van der Waals surface area (Å²) >= 11 is 0. The van der Waals surface area contributed by atoms with Crippen LogP contribution in [0.25, 0.3) is 0 Å². The molecule has 0 radical (unpaired) electrons. The number of carboxylic acid groups (broad SMARTS) is 1. The number of nitrogens with zero attached hydrogens (tertiary/aromatic N) is 1. The van der Waals surface area contributed by atoms with Gasteiger partial charge in [0.25, 0.3) is 0 Å². The minimum absolute atomic E-state index is 0.199. The second kappa shape index (κ2) is 6.79. The predicted octanol–water partition coefficient (Wildman–Crippen LogP) is 1.95. The van der Waals surface area contributed by atoms with E-state index in [1.165, 1.54) is 4.90 Å². The Morgan fingerprint density at radius 3 is 2.50 bits per heavy atom. The Bertz CT molecular complexity index is 488. The first-order chi connectivity index (χ1) is 9.36. The lowest BCUT2D eigenvalue weighted by Gasteiger charge is -2.23. The number of urea groups is 1. The van der Waals surface area contributed by atoms with Gasteiger partial charge in [-0.05, 0) is 18.1 Å². The van der Waals surface area contributed by atoms with Gasteiger partial charge >= 0.3 is 12.0 Å². The van der Waals surface area contributed by atoms with Crippen LogP contribution in [-0.4, -0.2) is 37.3 Å². The van der Waals surface area contributed by atoms with Crippen LogP contribution in [0.5, 0.6) is 5.75 Å². The zero-order chi connectivity index (χ0) is 15.3. The summed E-state index contributed by atoms with van der Waals surface area (Å²) in [5.41, 5.74) is 0.620. The predicted molar refractivity (Wildman–Crippen MR) is 76.2 cm³/mol. The second-order valence-electron chi connectivity index (χ2n) is 4.77. The number of nitrogens with one attached hydrogen (secondary N) is 1. The van der Waals surface area contributed by atoms with Crippen LogP contribution in [0.4, 0.5) is 10.5 Å². The minimum atomic E-state index is -1.05. The van der Waals surface area contributed by atoms with Crippen molar-refractivity contribution in [1.82, 2.24) is 5.32 Å². The highest BCUT2D eigenvalue weighted by molar-refractivity contribution is 5.94. The molecule has 2 N–H and O–H groups in total. The van der Waals surface area contributed by atoms with Crippen LogP contribution >= 0.6 is 0 Å². The van der Waals surface area contributed by atoms with E-state index in [0.717, 1.165) is 0 Å². The van der Waals surface area contributed by atoms with E-state index in [2.05, 4.69) is 5.32 Å². The van der Waals surface area contributed by atoms with Crippen LogP contribution < -0.4 is 15.0 Å². The molecule has 0 aromatic heterocycles. The Kier molecular flexibility index (Phi) is 5.37. The van der Waals surface area contributed by atoms with E-state index >= 15 is 0 Å². The number of ether oxygens (including phenoxy) is 1. The molecule has 110 valence electrons. The van der Waals surface area contributed by atoms with Crippen molar-refractivity contribution in [2.75, 3.05) is 19.1 Å². The number of benzene rings is 1. The van der Waals surface area contributed by atoms with Crippen LogP contribution in [-0.2, 0) is 4.79 Å². The van der Waals surface area contributed by atoms with Crippen LogP contribution in [0, 0.1) is 5.92 Å². The first-order valence-electron chi connectivity index (χ1n) is 6.28. The van der Waals surface area contributed by atoms with Crippen molar-refractivity contribution in [3.8, 4) is 5.75 Å². The van der Waals surface area contributed by atoms with Gasteiger partial charge in [0.2, 0.25) is 0 Å². The number of hydrogen-bond acceptors (Lipinski definition) is 3. The number of aliphatic carboxylic acids is 1. The maximum Gasteiger partial charge on any atom is 0.326 e. The number of anilines is 1. The normalized spacial score (nSPS) is 11.8. The van der Waals surface area contributed by atoms with Gasteiger partial charge in [-0.25, -0.2) is 9.59 Å². The molecule has 6 nitrogen and oxygen atoms in total. The largest absolute Gasteiger partial charge is 0.497 e. The average molecular weight is 280 g/mol. The Hall–Kier alpha value is -2.24. The van der Waals surface area contributed by atoms with Gasteiger partial charge in [-0.3, -0.25) is 4.90 Å². The highest BCUT2D eigenvalue weighted by atomic mass is 16.5. The van der Waals surface area contributed by atoms with Gasteiger partial charge in [0.1, 0.15) is 11.8 Å². The summed E-state index contributed by atoms with van der Waals surface area (Å²) in [6.07, 6.45) is 0. The van der Waals surface area contributed by atoms with Crippen molar-refractivity contribution in [3.05, 3.63) is 24.3 Å². The zero-order valence-electron chi connectivity index (χ0n) is 12.1. The maximum atomic E-state index is 12.1. The molecule has 0 aliphatic heterocycles. The zero-order valence-corrected chi connectivity index (χ0v) is 12.1. The fourth-order valence-corrected chi connectivity index (χ4v) is 1.68. The van der Waals surface area contributed by atoms with E-state index in [1.807, 2.05) is 0 Å². The Morgan fingerprint density at radius 1 is 1.35 bits per heavy atom. The lowest BCUT2D eigenvalue weighted by Crippen LogP contribution is -2.49. The van der Waals surface area contributed by atoms with Crippen LogP contribution in [0.15, 0.2) is 24.3 Å². The summed E-state index contributed by atoms with van der Waals surface area (Å²) in [5.74, 6) is -0.622. The van der Waals surface area contributed by atoms with E-state index in [0.29, 0.717) is 11.4 Å². The molecule has 0 aliphatic rings. The molecule has 0 bridgehead atoms. The third-order valence-electron chi connectivity index (χ3n) is 2.96. The Balaban J connectivity index is 2.82. The van der Waals surface area contributed by atoms with Crippen LogP contribution in [0.1, 0.15) is 13.8 Å². The monoisotopic (exact) mass is 280 g/mol. The van der Waals surface area contributed by atoms with Gasteiger partial charge in [0.05, 0.1) is 7.11 Å². The summed E-state index contributed by atoms with van der Waals surface area (Å²) < 4.78 is 5.09. The van der Waals surface area contributed by atoms with Crippen molar-refractivity contribution in [2.24, 2.45) is 5.92 Å². The summed E-state index contributed by atoms with van der Waals surface area (Å²) in [4.78, 5) is 24.5. The fourth-order valence-electron chi connectivity index (χ4n) is 1.68. The van der Waals surface area contributed by atoms with Crippen molar-refractivity contribution in [1.29, 1.82) is 0 Å². The molecular weight excluding hydrogens is 260 g/mol. The number of methoxy groups -OCH3 is 1. The first-order valence-corrected chi connectivity index (χ1v) is 6.28. The summed E-state index contributed by atoms with van der Waals surface area (Å²) in [6.45, 7) is 3.48. The number of carboxylic acids is 1. The lowest BCUT2D eigenvalue weighted by atomic mass is 10.1. The second-order valence-corrected chi connectivity index (χ2v) is 4.77. The summed E-state index contributed by atoms with van der Waals surface area (Å²) in [6, 6.07) is 5.58. The number of carbonyl (C=O) groups is 2. The molecule has 1 unspecified atom stereocenters. The van der Waals surface area contributed by atoms with E-state index in [-0.39, 0.29) is 5.92 Å². The third kappa shape index (κ3) is 3.88. The average Bonchev–Trinajstić information content (AvgIpc) is 2.42. The molecule has 0 saturated carbocycles. The highest BCUT2D eigenvalue weighted by Crippen LogP contribution is 2.20. The lowest BCUT2D eigenvalue weighted by molar-refractivity contribution is -0.140. The molecule has 20 heavy (non-hydrogen) atoms. The molecule has 0 saturated heterocycles. The molecule has 0 heterocycles. The minimum Gasteiger partial charge on any atom is -0.497 e. The van der Waals surface area contributed by atoms with Gasteiger partial charge in [-0.15, -0.1) is 0 Å². The van der Waals surface area contributed by atoms with Gasteiger partial charge in [0, 0.05) is 18.8 Å². The third-order valence-corrected chi connectivity index (χ3v) is 2.96. The molecule has 1 aromatic carbocycles. The van der Waals surface area contributed by atoms with Gasteiger partial charge in [-0.2, -0.15) is 0 Å². The van der Waals surface area contributed by atoms with Gasteiger partial charge in [0.15, 0.2) is 0 Å². The van der Waals surface area contributed by atoms with E-state index in [9.17, 15) is 9.59 Å². The van der Waals surface area contributed by atoms with Gasteiger partial charge in [-0.1, -0.05) is 19.9 Å². The van der Waals surface area contributed by atoms with Crippen molar-refractivity contribution >= 4 is 17.7 Å². The quantitative estimate of drug-likeness (QED) is 0.864. The fraction of sp³-hybridized carbons (Fsp3) is 0.429. The molecule has 0 spiro atoms. The van der Waals surface area contributed by atoms with Crippen LogP contribution in [0.2, 0.25) is 0 Å². The highest BCUT2D eigenvalue weighted by Gasteiger charge is 2.25. The van der Waals surface area contributed by atoms with E-state index in [1.54, 1.807) is 52.3 Å². The van der Waals surface area contributed by atoms with Crippen LogP contribution in [0.3, 0.4) is 0 Å². The Labute approximate surface area is 118 Å². The van der Waals surface area contributed by atoms with E-state index in [4.69, 9.17) is 9.84 Å². The first kappa shape index (κ1) is 15.8. The summed E-state index contributed by atoms with van der Waals surface area (Å²) in [5, 5.41) is 11.6. The topological polar surface area (TPSA) is 78.9 Å². The smallest absolute Gasteiger partial charge is 0.326 e. The maximum absolute atomic E-state index is 12.1. The van der Waals surface area contributed by atoms with Gasteiger partial charge < -0.3 is 15.2 Å². The van der Waals surface area contributed by atoms with Crippen molar-refractivity contribution < 1.29 is 19.4 Å². The Morgan fingerprint density at radius 2 is 2.00 bits per heavy atom. The van der Waals surface area contributed by atoms with E-state index < -0.39 is 18.0 Å². The molecule has 2 amide bonds. The number of amides is 2. The molecular formula is C14H20N2O4. The number of hydrogen-bond donors (Lipinski definition) is 2. The van der Waals surface area contributed by atoms with Crippen molar-refractivity contribution in [3.63, 3.8) is 0 Å². The standard InChI is InChI=1S/C14H20N2O4/c1-9(2)12(13(17)18)15-14(19)16(3)10-6-5-7-11(8-10)20-4/h5-9,12H,1-4H3,(H,15,19)(H,17,18). The molecule has 1 aromatic rings. The molecule has 0 aliphatic carbocycles. The molecule has 1 atom stereocenters. The number of carbonyl (C=O) groups excluding carboxylic acids is 1. The number of rotatable bonds is 5. The molecule has 6 heteroatoms. The summed E-state index contributed by atoms with van der Waals surface area (Å²) in [7, 11) is 3.11.